The van der Waals surface area contributed by atoms with Gasteiger partial charge in [0.05, 0.1) is 6.42 Å². The van der Waals surface area contributed by atoms with E-state index in [0.29, 0.717) is 16.9 Å². The van der Waals surface area contributed by atoms with E-state index in [-0.39, 0.29) is 24.1 Å². The number of ketones is 1. The van der Waals surface area contributed by atoms with Crippen molar-refractivity contribution in [2.45, 2.75) is 19.3 Å². The molecule has 0 N–H and O–H groups in total. The molecule has 0 unspecified atom stereocenters. The van der Waals surface area contributed by atoms with E-state index in [1.54, 1.807) is 19.1 Å². The fourth-order valence-electron chi connectivity index (χ4n) is 2.81. The van der Waals surface area contributed by atoms with Gasteiger partial charge < -0.3 is 4.74 Å². The Kier molecular flexibility index (Phi) is 3.88. The molecular formula is C19H16O3. The van der Waals surface area contributed by atoms with Gasteiger partial charge in [-0.1, -0.05) is 60.7 Å². The van der Waals surface area contributed by atoms with E-state index in [1.807, 2.05) is 48.5 Å². The number of carbonyl (C=O) groups excluding carboxylic acids is 2. The fourth-order valence-corrected chi connectivity index (χ4v) is 2.81. The summed E-state index contributed by atoms with van der Waals surface area (Å²) in [6.07, 6.45) is 0.190. The molecule has 1 heterocycles. The number of hydrogen-bond donors (Lipinski definition) is 0. The summed E-state index contributed by atoms with van der Waals surface area (Å²) >= 11 is 0. The van der Waals surface area contributed by atoms with Crippen molar-refractivity contribution < 1.29 is 14.3 Å². The lowest BCUT2D eigenvalue weighted by atomic mass is 9.82. The highest BCUT2D eigenvalue weighted by Crippen LogP contribution is 2.36. The number of cyclic esters (lactones) is 1. The van der Waals surface area contributed by atoms with Crippen LogP contribution in [0.15, 0.2) is 72.0 Å². The van der Waals surface area contributed by atoms with E-state index in [0.717, 1.165) is 5.56 Å². The average molecular weight is 292 g/mol. The maximum atomic E-state index is 12.9. The summed E-state index contributed by atoms with van der Waals surface area (Å²) in [5.41, 5.74) is 2.13. The van der Waals surface area contributed by atoms with Crippen LogP contribution in [0.4, 0.5) is 0 Å². The van der Waals surface area contributed by atoms with Gasteiger partial charge in [-0.15, -0.1) is 0 Å². The highest BCUT2D eigenvalue weighted by atomic mass is 16.5. The van der Waals surface area contributed by atoms with Crippen molar-refractivity contribution in [3.8, 4) is 0 Å². The number of Topliss-reactive ketones (excluding diaryl/α,β-unsaturated/α-hetero) is 1. The van der Waals surface area contributed by atoms with Gasteiger partial charge in [0.1, 0.15) is 5.76 Å². The van der Waals surface area contributed by atoms with Gasteiger partial charge in [0, 0.05) is 17.1 Å². The van der Waals surface area contributed by atoms with E-state index in [2.05, 4.69) is 0 Å². The number of allylic oxidation sites excluding steroid dienone is 2. The molecule has 110 valence electrons. The molecule has 0 aromatic heterocycles. The van der Waals surface area contributed by atoms with Crippen LogP contribution >= 0.6 is 0 Å². The molecule has 0 saturated heterocycles. The summed E-state index contributed by atoms with van der Waals surface area (Å²) in [5, 5.41) is 0. The summed E-state index contributed by atoms with van der Waals surface area (Å²) in [6.45, 7) is 1.68. The van der Waals surface area contributed by atoms with Crippen LogP contribution in [0.2, 0.25) is 0 Å². The number of rotatable bonds is 3. The molecule has 22 heavy (non-hydrogen) atoms. The Morgan fingerprint density at radius 1 is 1.00 bits per heavy atom. The van der Waals surface area contributed by atoms with Crippen molar-refractivity contribution in [3.63, 3.8) is 0 Å². The Hall–Kier alpha value is -2.68. The third kappa shape index (κ3) is 2.70. The average Bonchev–Trinajstić information content (AvgIpc) is 2.55. The molecule has 0 radical (unpaired) electrons. The molecule has 0 aliphatic carbocycles. The molecule has 0 amide bonds. The Morgan fingerprint density at radius 2 is 1.59 bits per heavy atom. The van der Waals surface area contributed by atoms with Crippen LogP contribution in [0.25, 0.3) is 0 Å². The van der Waals surface area contributed by atoms with Crippen LogP contribution in [0, 0.1) is 0 Å². The molecule has 1 aliphatic heterocycles. The van der Waals surface area contributed by atoms with Gasteiger partial charge in [-0.25, -0.2) is 0 Å². The van der Waals surface area contributed by atoms with E-state index < -0.39 is 0 Å². The minimum absolute atomic E-state index is 0.0838. The smallest absolute Gasteiger partial charge is 0.311 e. The standard InChI is InChI=1S/C19H16O3/c1-13-18(19(21)15-10-6-3-7-11-15)16(12-17(20)22-13)14-8-4-2-5-9-14/h2-11,16H,12H2,1H3/t16-/m0/s1. The number of esters is 1. The maximum Gasteiger partial charge on any atom is 0.311 e. The number of ether oxygens (including phenoxy) is 1. The molecule has 2 aromatic carbocycles. The first kappa shape index (κ1) is 14.3. The normalized spacial score (nSPS) is 18.0. The number of benzene rings is 2. The fraction of sp³-hybridized carbons (Fsp3) is 0.158. The van der Waals surface area contributed by atoms with Crippen molar-refractivity contribution in [1.82, 2.24) is 0 Å². The van der Waals surface area contributed by atoms with Crippen LogP contribution in [0.3, 0.4) is 0 Å². The third-order valence-corrected chi connectivity index (χ3v) is 3.85. The van der Waals surface area contributed by atoms with Crippen LogP contribution in [-0.2, 0) is 9.53 Å². The predicted molar refractivity (Wildman–Crippen MR) is 83.4 cm³/mol. The van der Waals surface area contributed by atoms with Gasteiger partial charge in [-0.2, -0.15) is 0 Å². The molecule has 0 fully saturated rings. The van der Waals surface area contributed by atoms with Crippen molar-refractivity contribution >= 4 is 11.8 Å². The van der Waals surface area contributed by atoms with Gasteiger partial charge in [0.15, 0.2) is 5.78 Å². The molecule has 3 rings (SSSR count). The summed E-state index contributed by atoms with van der Waals surface area (Å²) in [4.78, 5) is 24.6. The predicted octanol–water partition coefficient (Wildman–Crippen LogP) is 3.87. The van der Waals surface area contributed by atoms with Gasteiger partial charge in [-0.05, 0) is 12.5 Å². The second kappa shape index (κ2) is 5.98. The summed E-state index contributed by atoms with van der Waals surface area (Å²) in [7, 11) is 0. The van der Waals surface area contributed by atoms with Crippen molar-refractivity contribution in [2.75, 3.05) is 0 Å². The molecule has 0 bridgehead atoms. The first-order valence-electron chi connectivity index (χ1n) is 7.23. The molecule has 0 spiro atoms. The van der Waals surface area contributed by atoms with Crippen molar-refractivity contribution in [2.24, 2.45) is 0 Å². The maximum absolute atomic E-state index is 12.9. The lowest BCUT2D eigenvalue weighted by Gasteiger charge is -2.26. The SMILES string of the molecule is CC1=C(C(=O)c2ccccc2)[C@H](c2ccccc2)CC(=O)O1. The monoisotopic (exact) mass is 292 g/mol. The van der Waals surface area contributed by atoms with Crippen LogP contribution in [0.1, 0.15) is 35.2 Å². The quantitative estimate of drug-likeness (QED) is 0.637. The lowest BCUT2D eigenvalue weighted by Crippen LogP contribution is -2.24. The summed E-state index contributed by atoms with van der Waals surface area (Å²) < 4.78 is 5.21. The minimum Gasteiger partial charge on any atom is -0.431 e. The van der Waals surface area contributed by atoms with Gasteiger partial charge in [0.2, 0.25) is 0 Å². The van der Waals surface area contributed by atoms with Crippen LogP contribution < -0.4 is 0 Å². The van der Waals surface area contributed by atoms with Gasteiger partial charge >= 0.3 is 5.97 Å². The minimum atomic E-state index is -0.295. The Morgan fingerprint density at radius 3 is 2.23 bits per heavy atom. The van der Waals surface area contributed by atoms with Crippen LogP contribution in [-0.4, -0.2) is 11.8 Å². The molecule has 1 aliphatic rings. The largest absolute Gasteiger partial charge is 0.431 e. The zero-order chi connectivity index (χ0) is 15.5. The first-order valence-corrected chi connectivity index (χ1v) is 7.23. The summed E-state index contributed by atoms with van der Waals surface area (Å²) in [6, 6.07) is 18.7. The number of carbonyl (C=O) groups is 2. The molecule has 3 heteroatoms. The Bertz CT molecular complexity index is 730. The Labute approximate surface area is 129 Å². The topological polar surface area (TPSA) is 43.4 Å². The van der Waals surface area contributed by atoms with Crippen LogP contribution in [0.5, 0.6) is 0 Å². The Balaban J connectivity index is 2.06. The first-order chi connectivity index (χ1) is 10.7. The molecule has 1 atom stereocenters. The summed E-state index contributed by atoms with van der Waals surface area (Å²) in [5.74, 6) is -0.232. The second-order valence-electron chi connectivity index (χ2n) is 5.31. The lowest BCUT2D eigenvalue weighted by molar-refractivity contribution is -0.140. The van der Waals surface area contributed by atoms with Gasteiger partial charge in [-0.3, -0.25) is 9.59 Å². The molecule has 2 aromatic rings. The van der Waals surface area contributed by atoms with E-state index in [1.165, 1.54) is 0 Å². The zero-order valence-corrected chi connectivity index (χ0v) is 12.3. The van der Waals surface area contributed by atoms with Gasteiger partial charge in [0.25, 0.3) is 0 Å². The zero-order valence-electron chi connectivity index (χ0n) is 12.3. The molecule has 0 saturated carbocycles. The van der Waals surface area contributed by atoms with Crippen molar-refractivity contribution in [3.05, 3.63) is 83.1 Å². The molecular weight excluding hydrogens is 276 g/mol. The van der Waals surface area contributed by atoms with Crippen molar-refractivity contribution in [1.29, 1.82) is 0 Å². The third-order valence-electron chi connectivity index (χ3n) is 3.85. The van der Waals surface area contributed by atoms with E-state index in [9.17, 15) is 9.59 Å². The van der Waals surface area contributed by atoms with E-state index in [4.69, 9.17) is 4.74 Å². The molecule has 3 nitrogen and oxygen atoms in total. The second-order valence-corrected chi connectivity index (χ2v) is 5.31. The number of hydrogen-bond acceptors (Lipinski definition) is 3. The highest BCUT2D eigenvalue weighted by Gasteiger charge is 2.33. The van der Waals surface area contributed by atoms with E-state index >= 15 is 0 Å². The highest BCUT2D eigenvalue weighted by molar-refractivity contribution is 6.10.